The lowest BCUT2D eigenvalue weighted by Crippen LogP contribution is -2.14. The SMILES string of the molecule is COc1ccc(C)cc1NS(=O)(=O)c1cnc(N)c(Cl)c1. The maximum absolute atomic E-state index is 12.3. The first-order chi connectivity index (χ1) is 9.83. The highest BCUT2D eigenvalue weighted by molar-refractivity contribution is 7.92. The third-order valence-electron chi connectivity index (χ3n) is 2.75. The zero-order valence-electron chi connectivity index (χ0n) is 11.4. The second-order valence-electron chi connectivity index (χ2n) is 4.35. The number of nitrogens with one attached hydrogen (secondary N) is 1. The molecule has 0 spiro atoms. The topological polar surface area (TPSA) is 94.3 Å². The first kappa shape index (κ1) is 15.4. The van der Waals surface area contributed by atoms with Crippen LogP contribution in [0, 0.1) is 6.92 Å². The summed E-state index contributed by atoms with van der Waals surface area (Å²) in [7, 11) is -2.37. The van der Waals surface area contributed by atoms with Crippen molar-refractivity contribution in [2.24, 2.45) is 0 Å². The Kier molecular flexibility index (Phi) is 4.24. The monoisotopic (exact) mass is 327 g/mol. The summed E-state index contributed by atoms with van der Waals surface area (Å²) in [6, 6.07) is 6.41. The zero-order chi connectivity index (χ0) is 15.6. The first-order valence-electron chi connectivity index (χ1n) is 5.92. The van der Waals surface area contributed by atoms with Crippen molar-refractivity contribution in [3.8, 4) is 5.75 Å². The lowest BCUT2D eigenvalue weighted by atomic mass is 10.2. The molecule has 0 saturated carbocycles. The second-order valence-corrected chi connectivity index (χ2v) is 6.44. The number of aromatic nitrogens is 1. The molecule has 1 heterocycles. The molecule has 2 aromatic rings. The first-order valence-corrected chi connectivity index (χ1v) is 7.78. The fraction of sp³-hybridized carbons (Fsp3) is 0.154. The fourth-order valence-electron chi connectivity index (χ4n) is 1.68. The molecular weight excluding hydrogens is 314 g/mol. The van der Waals surface area contributed by atoms with E-state index >= 15 is 0 Å². The molecule has 8 heteroatoms. The van der Waals surface area contributed by atoms with Crippen molar-refractivity contribution in [2.45, 2.75) is 11.8 Å². The number of hydrogen-bond donors (Lipinski definition) is 2. The van der Waals surface area contributed by atoms with Gasteiger partial charge in [0.1, 0.15) is 16.5 Å². The molecule has 21 heavy (non-hydrogen) atoms. The minimum Gasteiger partial charge on any atom is -0.495 e. The Bertz CT molecular complexity index is 778. The summed E-state index contributed by atoms with van der Waals surface area (Å²) in [5, 5.41) is 0.0779. The van der Waals surface area contributed by atoms with Gasteiger partial charge in [-0.2, -0.15) is 0 Å². The molecule has 0 aliphatic rings. The minimum atomic E-state index is -3.83. The third-order valence-corrected chi connectivity index (χ3v) is 4.39. The minimum absolute atomic E-state index is 0.0729. The van der Waals surface area contributed by atoms with Crippen LogP contribution in [0.2, 0.25) is 5.02 Å². The number of aryl methyl sites for hydroxylation is 1. The van der Waals surface area contributed by atoms with E-state index in [4.69, 9.17) is 22.1 Å². The largest absolute Gasteiger partial charge is 0.495 e. The van der Waals surface area contributed by atoms with Crippen molar-refractivity contribution in [3.63, 3.8) is 0 Å². The van der Waals surface area contributed by atoms with Crippen LogP contribution in [0.3, 0.4) is 0 Å². The normalized spacial score (nSPS) is 11.2. The molecule has 1 aromatic carbocycles. The van der Waals surface area contributed by atoms with Gasteiger partial charge in [0.15, 0.2) is 0 Å². The predicted octanol–water partition coefficient (Wildman–Crippen LogP) is 2.44. The lowest BCUT2D eigenvalue weighted by Gasteiger charge is -2.12. The molecule has 0 aliphatic carbocycles. The average molecular weight is 328 g/mol. The molecule has 0 bridgehead atoms. The number of nitrogen functional groups attached to an aromatic ring is 1. The molecule has 1 aromatic heterocycles. The van der Waals surface area contributed by atoms with Gasteiger partial charge in [-0.1, -0.05) is 17.7 Å². The molecule has 0 amide bonds. The van der Waals surface area contributed by atoms with Crippen LogP contribution in [-0.4, -0.2) is 20.5 Å². The lowest BCUT2D eigenvalue weighted by molar-refractivity contribution is 0.417. The number of rotatable bonds is 4. The fourth-order valence-corrected chi connectivity index (χ4v) is 2.95. The number of ether oxygens (including phenoxy) is 1. The Hall–Kier alpha value is -1.99. The van der Waals surface area contributed by atoms with Gasteiger partial charge >= 0.3 is 0 Å². The van der Waals surface area contributed by atoms with Gasteiger partial charge in [0.25, 0.3) is 10.0 Å². The highest BCUT2D eigenvalue weighted by atomic mass is 35.5. The number of halogens is 1. The van der Waals surface area contributed by atoms with Crippen LogP contribution in [0.25, 0.3) is 0 Å². The Labute approximate surface area is 128 Å². The number of methoxy groups -OCH3 is 1. The average Bonchev–Trinajstić information content (AvgIpc) is 2.41. The van der Waals surface area contributed by atoms with Crippen molar-refractivity contribution in [3.05, 3.63) is 41.0 Å². The number of hydrogen-bond acceptors (Lipinski definition) is 5. The van der Waals surface area contributed by atoms with Gasteiger partial charge in [-0.15, -0.1) is 0 Å². The van der Waals surface area contributed by atoms with Gasteiger partial charge in [0.05, 0.1) is 17.8 Å². The van der Waals surface area contributed by atoms with Crippen LogP contribution < -0.4 is 15.2 Å². The van der Waals surface area contributed by atoms with E-state index < -0.39 is 10.0 Å². The standard InChI is InChI=1S/C13H14ClN3O3S/c1-8-3-4-12(20-2)11(5-8)17-21(18,19)9-6-10(14)13(15)16-7-9/h3-7,17H,1-2H3,(H2,15,16). The summed E-state index contributed by atoms with van der Waals surface area (Å²) in [5.41, 5.74) is 6.70. The van der Waals surface area contributed by atoms with Crippen LogP contribution in [-0.2, 0) is 10.0 Å². The summed E-state index contributed by atoms with van der Waals surface area (Å²) in [4.78, 5) is 3.66. The number of anilines is 2. The van der Waals surface area contributed by atoms with Gasteiger partial charge in [0, 0.05) is 6.20 Å². The van der Waals surface area contributed by atoms with Crippen LogP contribution in [0.15, 0.2) is 35.4 Å². The van der Waals surface area contributed by atoms with Gasteiger partial charge < -0.3 is 10.5 Å². The summed E-state index contributed by atoms with van der Waals surface area (Å²) < 4.78 is 32.3. The molecule has 3 N–H and O–H groups in total. The smallest absolute Gasteiger partial charge is 0.263 e. The number of sulfonamides is 1. The van der Waals surface area contributed by atoms with Crippen molar-refractivity contribution >= 4 is 33.1 Å². The molecule has 0 aliphatic heterocycles. The third kappa shape index (κ3) is 3.37. The zero-order valence-corrected chi connectivity index (χ0v) is 13.0. The van der Waals surface area contributed by atoms with E-state index in [-0.39, 0.29) is 15.7 Å². The predicted molar refractivity (Wildman–Crippen MR) is 82.2 cm³/mol. The molecule has 0 atom stereocenters. The summed E-state index contributed by atoms with van der Waals surface area (Å²) in [6.45, 7) is 1.85. The Balaban J connectivity index is 2.41. The number of nitrogens with two attached hydrogens (primary N) is 1. The Morgan fingerprint density at radius 1 is 1.33 bits per heavy atom. The van der Waals surface area contributed by atoms with Gasteiger partial charge in [-0.25, -0.2) is 13.4 Å². The number of benzene rings is 1. The van der Waals surface area contributed by atoms with E-state index in [0.29, 0.717) is 11.4 Å². The maximum Gasteiger partial charge on any atom is 0.263 e. The Morgan fingerprint density at radius 3 is 2.67 bits per heavy atom. The van der Waals surface area contributed by atoms with Gasteiger partial charge in [0.2, 0.25) is 0 Å². The van der Waals surface area contributed by atoms with Crippen LogP contribution in [0.5, 0.6) is 5.75 Å². The van der Waals surface area contributed by atoms with E-state index in [0.717, 1.165) is 11.8 Å². The second kappa shape index (κ2) is 5.79. The molecule has 0 fully saturated rings. The molecule has 112 valence electrons. The van der Waals surface area contributed by atoms with E-state index in [1.54, 1.807) is 12.1 Å². The van der Waals surface area contributed by atoms with Crippen molar-refractivity contribution in [1.29, 1.82) is 0 Å². The van der Waals surface area contributed by atoms with Crippen LogP contribution in [0.4, 0.5) is 11.5 Å². The van der Waals surface area contributed by atoms with Gasteiger partial charge in [-0.3, -0.25) is 4.72 Å². The molecular formula is C13H14ClN3O3S. The Morgan fingerprint density at radius 2 is 2.05 bits per heavy atom. The van der Waals surface area contributed by atoms with E-state index in [1.165, 1.54) is 13.2 Å². The van der Waals surface area contributed by atoms with Crippen LogP contribution >= 0.6 is 11.6 Å². The van der Waals surface area contributed by atoms with E-state index in [1.807, 2.05) is 13.0 Å². The number of nitrogens with zero attached hydrogens (tertiary/aromatic N) is 1. The molecule has 6 nitrogen and oxygen atoms in total. The maximum atomic E-state index is 12.3. The van der Waals surface area contributed by atoms with Gasteiger partial charge in [-0.05, 0) is 30.7 Å². The van der Waals surface area contributed by atoms with Crippen molar-refractivity contribution < 1.29 is 13.2 Å². The summed E-state index contributed by atoms with van der Waals surface area (Å²) in [6.07, 6.45) is 1.14. The van der Waals surface area contributed by atoms with E-state index in [2.05, 4.69) is 9.71 Å². The highest BCUT2D eigenvalue weighted by Gasteiger charge is 2.18. The number of pyridine rings is 1. The van der Waals surface area contributed by atoms with Crippen molar-refractivity contribution in [1.82, 2.24) is 4.98 Å². The molecule has 0 saturated heterocycles. The van der Waals surface area contributed by atoms with E-state index in [9.17, 15) is 8.42 Å². The summed E-state index contributed by atoms with van der Waals surface area (Å²) >= 11 is 5.80. The summed E-state index contributed by atoms with van der Waals surface area (Å²) in [5.74, 6) is 0.488. The molecule has 0 radical (unpaired) electrons. The molecule has 2 rings (SSSR count). The van der Waals surface area contributed by atoms with Crippen LogP contribution in [0.1, 0.15) is 5.56 Å². The quantitative estimate of drug-likeness (QED) is 0.899. The molecule has 0 unspecified atom stereocenters. The van der Waals surface area contributed by atoms with Crippen molar-refractivity contribution in [2.75, 3.05) is 17.6 Å². The highest BCUT2D eigenvalue weighted by Crippen LogP contribution is 2.28.